The number of rotatable bonds is 9. The molecule has 0 aromatic heterocycles. The van der Waals surface area contributed by atoms with Gasteiger partial charge in [0.1, 0.15) is 0 Å². The van der Waals surface area contributed by atoms with Gasteiger partial charge in [0, 0.05) is 32.8 Å². The van der Waals surface area contributed by atoms with Crippen molar-refractivity contribution < 1.29 is 19.4 Å². The Morgan fingerprint density at radius 3 is 2.59 bits per heavy atom. The average molecular weight is 244 g/mol. The van der Waals surface area contributed by atoms with Gasteiger partial charge in [0.15, 0.2) is 0 Å². The first-order valence-electron chi connectivity index (χ1n) is 6.66. The zero-order valence-corrected chi connectivity index (χ0v) is 10.5. The average Bonchev–Trinajstić information content (AvgIpc) is 2.33. The Morgan fingerprint density at radius 1 is 1.18 bits per heavy atom. The number of hydrogen-bond acceptors (Lipinski definition) is 3. The molecule has 0 amide bonds. The van der Waals surface area contributed by atoms with Gasteiger partial charge in [-0.2, -0.15) is 0 Å². The lowest BCUT2D eigenvalue weighted by Crippen LogP contribution is -2.16. The zero-order valence-electron chi connectivity index (χ0n) is 10.5. The van der Waals surface area contributed by atoms with E-state index in [0.717, 1.165) is 45.0 Å². The van der Waals surface area contributed by atoms with E-state index in [1.54, 1.807) is 0 Å². The molecule has 1 rings (SSSR count). The lowest BCUT2D eigenvalue weighted by Gasteiger charge is -2.21. The van der Waals surface area contributed by atoms with E-state index < -0.39 is 5.97 Å². The van der Waals surface area contributed by atoms with Gasteiger partial charge >= 0.3 is 5.97 Å². The van der Waals surface area contributed by atoms with Crippen LogP contribution >= 0.6 is 0 Å². The van der Waals surface area contributed by atoms with E-state index in [9.17, 15) is 4.79 Å². The van der Waals surface area contributed by atoms with Gasteiger partial charge in [-0.15, -0.1) is 0 Å². The molecule has 0 bridgehead atoms. The molecule has 0 spiro atoms. The minimum Gasteiger partial charge on any atom is -0.481 e. The summed E-state index contributed by atoms with van der Waals surface area (Å²) in [4.78, 5) is 10.3. The number of carboxylic acids is 1. The molecular weight excluding hydrogens is 220 g/mol. The topological polar surface area (TPSA) is 55.8 Å². The normalized spacial score (nSPS) is 17.2. The van der Waals surface area contributed by atoms with Crippen LogP contribution < -0.4 is 0 Å². The third-order valence-electron chi connectivity index (χ3n) is 3.17. The van der Waals surface area contributed by atoms with E-state index in [1.807, 2.05) is 0 Å². The van der Waals surface area contributed by atoms with Gasteiger partial charge in [-0.05, 0) is 44.4 Å². The maximum atomic E-state index is 10.3. The van der Waals surface area contributed by atoms with Gasteiger partial charge in [0.05, 0.1) is 0 Å². The summed E-state index contributed by atoms with van der Waals surface area (Å²) < 4.78 is 10.8. The fourth-order valence-electron chi connectivity index (χ4n) is 2.09. The molecule has 0 aromatic carbocycles. The van der Waals surface area contributed by atoms with Gasteiger partial charge < -0.3 is 14.6 Å². The van der Waals surface area contributed by atoms with Crippen LogP contribution in [0.25, 0.3) is 0 Å². The van der Waals surface area contributed by atoms with Gasteiger partial charge in [-0.25, -0.2) is 0 Å². The molecule has 0 aromatic rings. The number of ether oxygens (including phenoxy) is 2. The first kappa shape index (κ1) is 14.5. The smallest absolute Gasteiger partial charge is 0.303 e. The highest BCUT2D eigenvalue weighted by molar-refractivity contribution is 5.66. The monoisotopic (exact) mass is 244 g/mol. The SMILES string of the molecule is O=C(O)CCCCOCCCC1CCOCC1. The molecule has 0 unspecified atom stereocenters. The second kappa shape index (κ2) is 9.42. The Bertz CT molecular complexity index is 200. The van der Waals surface area contributed by atoms with Gasteiger partial charge in [-0.1, -0.05) is 0 Å². The molecule has 17 heavy (non-hydrogen) atoms. The van der Waals surface area contributed by atoms with Crippen LogP contribution in [0.3, 0.4) is 0 Å². The molecule has 100 valence electrons. The summed E-state index contributed by atoms with van der Waals surface area (Å²) in [7, 11) is 0. The highest BCUT2D eigenvalue weighted by Gasteiger charge is 2.12. The van der Waals surface area contributed by atoms with Crippen LogP contribution in [0.15, 0.2) is 0 Å². The van der Waals surface area contributed by atoms with Gasteiger partial charge in [-0.3, -0.25) is 4.79 Å². The van der Waals surface area contributed by atoms with Crippen molar-refractivity contribution in [3.8, 4) is 0 Å². The van der Waals surface area contributed by atoms with Crippen molar-refractivity contribution in [1.82, 2.24) is 0 Å². The maximum Gasteiger partial charge on any atom is 0.303 e. The Morgan fingerprint density at radius 2 is 1.88 bits per heavy atom. The number of hydrogen-bond donors (Lipinski definition) is 1. The molecule has 1 heterocycles. The summed E-state index contributed by atoms with van der Waals surface area (Å²) in [5.74, 6) is 0.101. The van der Waals surface area contributed by atoms with E-state index in [-0.39, 0.29) is 6.42 Å². The Balaban J connectivity index is 1.79. The zero-order chi connectivity index (χ0) is 12.3. The number of carbonyl (C=O) groups is 1. The van der Waals surface area contributed by atoms with E-state index in [0.29, 0.717) is 6.61 Å². The summed E-state index contributed by atoms with van der Waals surface area (Å²) >= 11 is 0. The van der Waals surface area contributed by atoms with E-state index in [2.05, 4.69) is 0 Å². The Kier molecular flexibility index (Phi) is 8.01. The van der Waals surface area contributed by atoms with Crippen molar-refractivity contribution in [3.05, 3.63) is 0 Å². The summed E-state index contributed by atoms with van der Waals surface area (Å²) in [5.41, 5.74) is 0. The third kappa shape index (κ3) is 8.16. The molecule has 0 saturated carbocycles. The van der Waals surface area contributed by atoms with E-state index in [4.69, 9.17) is 14.6 Å². The van der Waals surface area contributed by atoms with Crippen LogP contribution in [-0.2, 0) is 14.3 Å². The number of unbranched alkanes of at least 4 members (excludes halogenated alkanes) is 1. The molecule has 1 fully saturated rings. The molecule has 0 aliphatic carbocycles. The minimum absolute atomic E-state index is 0.255. The van der Waals surface area contributed by atoms with Crippen molar-refractivity contribution in [2.75, 3.05) is 26.4 Å². The summed E-state index contributed by atoms with van der Waals surface area (Å²) in [6, 6.07) is 0. The highest BCUT2D eigenvalue weighted by Crippen LogP contribution is 2.19. The van der Waals surface area contributed by atoms with Crippen molar-refractivity contribution >= 4 is 5.97 Å². The van der Waals surface area contributed by atoms with Gasteiger partial charge in [0.2, 0.25) is 0 Å². The molecular formula is C13H24O4. The van der Waals surface area contributed by atoms with Crippen LogP contribution in [0, 0.1) is 5.92 Å². The number of carboxylic acid groups (broad SMARTS) is 1. The second-order valence-electron chi connectivity index (χ2n) is 4.66. The molecule has 1 N–H and O–H groups in total. The minimum atomic E-state index is -0.718. The largest absolute Gasteiger partial charge is 0.481 e. The Hall–Kier alpha value is -0.610. The molecule has 1 saturated heterocycles. The summed E-state index contributed by atoms with van der Waals surface area (Å²) in [6.07, 6.45) is 6.56. The van der Waals surface area contributed by atoms with Crippen LogP contribution in [0.4, 0.5) is 0 Å². The van der Waals surface area contributed by atoms with E-state index in [1.165, 1.54) is 19.3 Å². The van der Waals surface area contributed by atoms with E-state index >= 15 is 0 Å². The lowest BCUT2D eigenvalue weighted by molar-refractivity contribution is -0.137. The third-order valence-corrected chi connectivity index (χ3v) is 3.17. The molecule has 4 heteroatoms. The predicted molar refractivity (Wildman–Crippen MR) is 65.1 cm³/mol. The van der Waals surface area contributed by atoms with Crippen LogP contribution in [0.5, 0.6) is 0 Å². The lowest BCUT2D eigenvalue weighted by atomic mass is 9.95. The van der Waals surface area contributed by atoms with Crippen molar-refractivity contribution in [2.24, 2.45) is 5.92 Å². The number of aliphatic carboxylic acids is 1. The summed E-state index contributed by atoms with van der Waals surface area (Å²) in [6.45, 7) is 3.34. The fourth-order valence-corrected chi connectivity index (χ4v) is 2.09. The van der Waals surface area contributed by atoms with Crippen molar-refractivity contribution in [2.45, 2.75) is 44.9 Å². The molecule has 0 atom stereocenters. The van der Waals surface area contributed by atoms with Crippen molar-refractivity contribution in [1.29, 1.82) is 0 Å². The summed E-state index contributed by atoms with van der Waals surface area (Å²) in [5, 5.41) is 8.45. The molecule has 4 nitrogen and oxygen atoms in total. The maximum absolute atomic E-state index is 10.3. The quantitative estimate of drug-likeness (QED) is 0.633. The van der Waals surface area contributed by atoms with Gasteiger partial charge in [0.25, 0.3) is 0 Å². The van der Waals surface area contributed by atoms with Crippen LogP contribution in [-0.4, -0.2) is 37.5 Å². The molecule has 0 radical (unpaired) electrons. The first-order chi connectivity index (χ1) is 8.29. The molecule has 1 aliphatic rings. The van der Waals surface area contributed by atoms with Crippen LogP contribution in [0.1, 0.15) is 44.9 Å². The van der Waals surface area contributed by atoms with Crippen molar-refractivity contribution in [3.63, 3.8) is 0 Å². The first-order valence-corrected chi connectivity index (χ1v) is 6.66. The standard InChI is InChI=1S/C13H24O4/c14-13(15)5-1-2-8-16-9-3-4-12-6-10-17-11-7-12/h12H,1-11H2,(H,14,15). The second-order valence-corrected chi connectivity index (χ2v) is 4.66. The molecule has 1 aliphatic heterocycles. The highest BCUT2D eigenvalue weighted by atomic mass is 16.5. The van der Waals surface area contributed by atoms with Crippen LogP contribution in [0.2, 0.25) is 0 Å². The fraction of sp³-hybridized carbons (Fsp3) is 0.923. The predicted octanol–water partition coefficient (Wildman–Crippen LogP) is 2.46. The Labute approximate surface area is 103 Å².